The van der Waals surface area contributed by atoms with Crippen molar-refractivity contribution in [2.24, 2.45) is 5.73 Å². The zero-order valence-corrected chi connectivity index (χ0v) is 6.09. The summed E-state index contributed by atoms with van der Waals surface area (Å²) in [6.45, 7) is 4.79. The summed E-state index contributed by atoms with van der Waals surface area (Å²) in [5.74, 6) is 0. The smallest absolute Gasteiger partial charge is 0.0581 e. The van der Waals surface area contributed by atoms with Gasteiger partial charge in [0.1, 0.15) is 0 Å². The fraction of sp³-hybridized carbons (Fsp3) is 1.00. The van der Waals surface area contributed by atoms with Crippen LogP contribution in [-0.2, 0) is 0 Å². The predicted octanol–water partition coefficient (Wildman–Crippen LogP) is -0.696. The number of aliphatic hydroxyl groups excluding tert-OH is 1. The average molecular weight is 132 g/mol. The standard InChI is InChI=1S/C6H16N2O/c1-5(7)3-8-6(2)4-9/h5-6,8-9H,3-4,7H2,1-2H3. The SMILES string of the molecule is CC(N)CNC(C)CO. The summed E-state index contributed by atoms with van der Waals surface area (Å²) >= 11 is 0. The molecule has 0 amide bonds. The molecule has 0 heterocycles. The Morgan fingerprint density at radius 2 is 2.11 bits per heavy atom. The molecule has 0 radical (unpaired) electrons. The van der Waals surface area contributed by atoms with Crippen LogP contribution in [0.3, 0.4) is 0 Å². The lowest BCUT2D eigenvalue weighted by atomic mass is 10.3. The lowest BCUT2D eigenvalue weighted by Crippen LogP contribution is -2.38. The third kappa shape index (κ3) is 5.76. The molecule has 0 bridgehead atoms. The van der Waals surface area contributed by atoms with E-state index in [4.69, 9.17) is 10.8 Å². The molecule has 0 fully saturated rings. The van der Waals surface area contributed by atoms with Gasteiger partial charge in [-0.25, -0.2) is 0 Å². The maximum atomic E-state index is 8.54. The Hall–Kier alpha value is -0.120. The average Bonchev–Trinajstić information content (AvgIpc) is 1.83. The summed E-state index contributed by atoms with van der Waals surface area (Å²) < 4.78 is 0. The van der Waals surface area contributed by atoms with E-state index in [9.17, 15) is 0 Å². The van der Waals surface area contributed by atoms with Crippen molar-refractivity contribution in [1.82, 2.24) is 5.32 Å². The Bertz CT molecular complexity index is 66.1. The molecule has 0 spiro atoms. The Labute approximate surface area is 56.2 Å². The molecule has 0 aromatic heterocycles. The van der Waals surface area contributed by atoms with Gasteiger partial charge in [0, 0.05) is 18.6 Å². The van der Waals surface area contributed by atoms with E-state index >= 15 is 0 Å². The van der Waals surface area contributed by atoms with Gasteiger partial charge in [-0.2, -0.15) is 0 Å². The van der Waals surface area contributed by atoms with Gasteiger partial charge in [-0.1, -0.05) is 0 Å². The molecule has 2 atom stereocenters. The Morgan fingerprint density at radius 1 is 1.56 bits per heavy atom. The van der Waals surface area contributed by atoms with Crippen LogP contribution in [0, 0.1) is 0 Å². The van der Waals surface area contributed by atoms with E-state index in [1.807, 2.05) is 13.8 Å². The Kier molecular flexibility index (Phi) is 4.67. The van der Waals surface area contributed by atoms with Crippen molar-refractivity contribution in [2.45, 2.75) is 25.9 Å². The molecule has 0 aliphatic rings. The van der Waals surface area contributed by atoms with Crippen LogP contribution in [0.5, 0.6) is 0 Å². The van der Waals surface area contributed by atoms with Crippen LogP contribution in [0.1, 0.15) is 13.8 Å². The van der Waals surface area contributed by atoms with E-state index in [0.29, 0.717) is 0 Å². The van der Waals surface area contributed by atoms with Gasteiger partial charge in [-0.05, 0) is 13.8 Å². The second-order valence-corrected chi connectivity index (χ2v) is 2.47. The topological polar surface area (TPSA) is 58.3 Å². The molecule has 0 saturated carbocycles. The Balaban J connectivity index is 3.06. The molecular formula is C6H16N2O. The molecule has 0 aromatic rings. The molecule has 2 unspecified atom stereocenters. The van der Waals surface area contributed by atoms with E-state index in [2.05, 4.69) is 5.32 Å². The van der Waals surface area contributed by atoms with Crippen molar-refractivity contribution >= 4 is 0 Å². The molecule has 0 saturated heterocycles. The maximum absolute atomic E-state index is 8.54. The van der Waals surface area contributed by atoms with Crippen LogP contribution in [0.4, 0.5) is 0 Å². The highest BCUT2D eigenvalue weighted by Crippen LogP contribution is 1.77. The van der Waals surface area contributed by atoms with Crippen molar-refractivity contribution in [1.29, 1.82) is 0 Å². The van der Waals surface area contributed by atoms with E-state index in [0.717, 1.165) is 6.54 Å². The van der Waals surface area contributed by atoms with Gasteiger partial charge in [-0.3, -0.25) is 0 Å². The molecule has 9 heavy (non-hydrogen) atoms. The fourth-order valence-corrected chi connectivity index (χ4v) is 0.452. The Morgan fingerprint density at radius 3 is 2.44 bits per heavy atom. The normalized spacial score (nSPS) is 17.3. The quantitative estimate of drug-likeness (QED) is 0.474. The molecule has 3 heteroatoms. The largest absolute Gasteiger partial charge is 0.395 e. The van der Waals surface area contributed by atoms with Crippen molar-refractivity contribution in [3.8, 4) is 0 Å². The molecular weight excluding hydrogens is 116 g/mol. The zero-order chi connectivity index (χ0) is 7.28. The minimum absolute atomic E-state index is 0.163. The molecule has 4 N–H and O–H groups in total. The van der Waals surface area contributed by atoms with Gasteiger partial charge in [-0.15, -0.1) is 0 Å². The number of nitrogens with one attached hydrogen (secondary N) is 1. The van der Waals surface area contributed by atoms with Crippen molar-refractivity contribution in [3.63, 3.8) is 0 Å². The third-order valence-electron chi connectivity index (χ3n) is 1.06. The van der Waals surface area contributed by atoms with Crippen molar-refractivity contribution in [2.75, 3.05) is 13.2 Å². The molecule has 56 valence electrons. The summed E-state index contributed by atoms with van der Waals surface area (Å²) in [6.07, 6.45) is 0. The zero-order valence-electron chi connectivity index (χ0n) is 6.09. The number of rotatable bonds is 4. The number of hydrogen-bond acceptors (Lipinski definition) is 3. The first kappa shape index (κ1) is 8.88. The first-order chi connectivity index (χ1) is 4.16. The molecule has 3 nitrogen and oxygen atoms in total. The molecule has 0 aliphatic heterocycles. The van der Waals surface area contributed by atoms with Gasteiger partial charge in [0.05, 0.1) is 6.61 Å². The minimum atomic E-state index is 0.163. The van der Waals surface area contributed by atoms with Crippen LogP contribution in [0.25, 0.3) is 0 Å². The van der Waals surface area contributed by atoms with E-state index < -0.39 is 0 Å². The highest BCUT2D eigenvalue weighted by Gasteiger charge is 1.98. The van der Waals surface area contributed by atoms with Crippen LogP contribution in [-0.4, -0.2) is 30.3 Å². The monoisotopic (exact) mass is 132 g/mol. The van der Waals surface area contributed by atoms with Crippen LogP contribution < -0.4 is 11.1 Å². The summed E-state index contributed by atoms with van der Waals surface area (Å²) in [6, 6.07) is 0.329. The summed E-state index contributed by atoms with van der Waals surface area (Å²) in [5, 5.41) is 11.6. The highest BCUT2D eigenvalue weighted by molar-refractivity contribution is 4.62. The van der Waals surface area contributed by atoms with Crippen molar-refractivity contribution < 1.29 is 5.11 Å². The van der Waals surface area contributed by atoms with Gasteiger partial charge >= 0.3 is 0 Å². The first-order valence-corrected chi connectivity index (χ1v) is 3.26. The van der Waals surface area contributed by atoms with Crippen molar-refractivity contribution in [3.05, 3.63) is 0 Å². The summed E-state index contributed by atoms with van der Waals surface area (Å²) in [7, 11) is 0. The molecule has 0 aliphatic carbocycles. The van der Waals surface area contributed by atoms with Gasteiger partial charge in [0.25, 0.3) is 0 Å². The second kappa shape index (κ2) is 4.73. The van der Waals surface area contributed by atoms with Gasteiger partial charge in [0.2, 0.25) is 0 Å². The van der Waals surface area contributed by atoms with Crippen LogP contribution in [0.2, 0.25) is 0 Å². The summed E-state index contributed by atoms with van der Waals surface area (Å²) in [5.41, 5.74) is 5.45. The molecule has 0 aromatic carbocycles. The fourth-order valence-electron chi connectivity index (χ4n) is 0.452. The van der Waals surface area contributed by atoms with Gasteiger partial charge in [0.15, 0.2) is 0 Å². The van der Waals surface area contributed by atoms with Gasteiger partial charge < -0.3 is 16.2 Å². The minimum Gasteiger partial charge on any atom is -0.395 e. The van der Waals surface area contributed by atoms with E-state index in [-0.39, 0.29) is 18.7 Å². The maximum Gasteiger partial charge on any atom is 0.0581 e. The molecule has 0 rings (SSSR count). The summed E-state index contributed by atoms with van der Waals surface area (Å²) in [4.78, 5) is 0. The number of hydrogen-bond donors (Lipinski definition) is 3. The van der Waals surface area contributed by atoms with Crippen LogP contribution in [0.15, 0.2) is 0 Å². The van der Waals surface area contributed by atoms with Crippen LogP contribution >= 0.6 is 0 Å². The predicted molar refractivity (Wildman–Crippen MR) is 38.2 cm³/mol. The highest BCUT2D eigenvalue weighted by atomic mass is 16.3. The second-order valence-electron chi connectivity index (χ2n) is 2.47. The lowest BCUT2D eigenvalue weighted by Gasteiger charge is -2.11. The number of nitrogens with two attached hydrogens (primary N) is 1. The number of aliphatic hydroxyl groups is 1. The van der Waals surface area contributed by atoms with E-state index in [1.54, 1.807) is 0 Å². The first-order valence-electron chi connectivity index (χ1n) is 3.26. The lowest BCUT2D eigenvalue weighted by molar-refractivity contribution is 0.250. The third-order valence-corrected chi connectivity index (χ3v) is 1.06. The van der Waals surface area contributed by atoms with E-state index in [1.165, 1.54) is 0 Å².